The van der Waals surface area contributed by atoms with Crippen molar-refractivity contribution >= 4 is 11.6 Å². The summed E-state index contributed by atoms with van der Waals surface area (Å²) in [5, 5.41) is 16.6. The van der Waals surface area contributed by atoms with Gasteiger partial charge in [0, 0.05) is 25.5 Å². The number of hydrogen-bond donors (Lipinski definition) is 2. The van der Waals surface area contributed by atoms with E-state index in [9.17, 15) is 9.90 Å². The van der Waals surface area contributed by atoms with E-state index in [0.29, 0.717) is 0 Å². The second-order valence-corrected chi connectivity index (χ2v) is 5.42. The van der Waals surface area contributed by atoms with Crippen molar-refractivity contribution in [3.63, 3.8) is 0 Å². The third-order valence-corrected chi connectivity index (χ3v) is 4.09. The van der Waals surface area contributed by atoms with Gasteiger partial charge in [-0.25, -0.2) is 0 Å². The topological polar surface area (TPSA) is 70.9 Å². The number of rotatable bonds is 3. The van der Waals surface area contributed by atoms with Gasteiger partial charge in [0.25, 0.3) is 0 Å². The average Bonchev–Trinajstić information content (AvgIpc) is 3.00. The van der Waals surface area contributed by atoms with Crippen molar-refractivity contribution in [1.29, 1.82) is 0 Å². The van der Waals surface area contributed by atoms with Crippen molar-refractivity contribution in [2.45, 2.75) is 25.5 Å². The molecule has 106 valence electrons. The van der Waals surface area contributed by atoms with Crippen molar-refractivity contribution in [2.24, 2.45) is 17.0 Å². The number of aliphatic hydroxyl groups excluding tert-OH is 1. The summed E-state index contributed by atoms with van der Waals surface area (Å²) in [7, 11) is 0. The first-order valence-corrected chi connectivity index (χ1v) is 6.88. The highest BCUT2D eigenvalue weighted by Gasteiger charge is 2.51. The van der Waals surface area contributed by atoms with Gasteiger partial charge in [-0.05, 0) is 12.0 Å². The Hall–Kier alpha value is -1.88. The molecule has 0 bridgehead atoms. The normalized spacial score (nSPS) is 31.4. The van der Waals surface area contributed by atoms with Crippen LogP contribution >= 0.6 is 0 Å². The third-order valence-electron chi connectivity index (χ3n) is 4.09. The summed E-state index contributed by atoms with van der Waals surface area (Å²) in [6, 6.07) is 9.81. The number of nitrogens with zero attached hydrogens (tertiary/aromatic N) is 1. The van der Waals surface area contributed by atoms with Crippen molar-refractivity contribution in [3.05, 3.63) is 35.9 Å². The van der Waals surface area contributed by atoms with E-state index in [1.807, 2.05) is 30.3 Å². The number of amides is 1. The Labute approximate surface area is 117 Å². The van der Waals surface area contributed by atoms with Crippen molar-refractivity contribution < 1.29 is 14.7 Å². The van der Waals surface area contributed by atoms with Gasteiger partial charge >= 0.3 is 0 Å². The van der Waals surface area contributed by atoms with Crippen LogP contribution in [0, 0.1) is 11.8 Å². The molecule has 2 N–H and O–H groups in total. The standard InChI is InChI=1S/C15H18N2O3/c1-9(19)16-12-7-11(8-18)15-13(12)14(17-20-15)10-5-3-2-4-6-10/h2-6,11-13,15,18H,7-8H2,1H3,(H,16,19)/t11-,12-,13+,15+/m1/s1. The zero-order chi connectivity index (χ0) is 14.1. The summed E-state index contributed by atoms with van der Waals surface area (Å²) in [4.78, 5) is 16.9. The molecular weight excluding hydrogens is 256 g/mol. The Kier molecular flexibility index (Phi) is 3.44. The van der Waals surface area contributed by atoms with Crippen LogP contribution in [0.4, 0.5) is 0 Å². The average molecular weight is 274 g/mol. The van der Waals surface area contributed by atoms with Gasteiger partial charge < -0.3 is 15.3 Å². The van der Waals surface area contributed by atoms with Crippen molar-refractivity contribution in [2.75, 3.05) is 6.61 Å². The summed E-state index contributed by atoms with van der Waals surface area (Å²) in [6.45, 7) is 1.56. The number of carbonyl (C=O) groups excluding carboxylic acids is 1. The summed E-state index contributed by atoms with van der Waals surface area (Å²) < 4.78 is 0. The van der Waals surface area contributed by atoms with Crippen LogP contribution in [0.15, 0.2) is 35.5 Å². The van der Waals surface area contributed by atoms with Gasteiger partial charge in [-0.3, -0.25) is 4.79 Å². The Morgan fingerprint density at radius 2 is 2.20 bits per heavy atom. The number of hydrogen-bond acceptors (Lipinski definition) is 4. The monoisotopic (exact) mass is 274 g/mol. The highest BCUT2D eigenvalue weighted by Crippen LogP contribution is 2.40. The molecule has 0 unspecified atom stereocenters. The van der Waals surface area contributed by atoms with E-state index >= 15 is 0 Å². The zero-order valence-electron chi connectivity index (χ0n) is 11.3. The number of aliphatic hydroxyl groups is 1. The molecule has 0 radical (unpaired) electrons. The largest absolute Gasteiger partial charge is 0.396 e. The van der Waals surface area contributed by atoms with E-state index in [0.717, 1.165) is 17.7 Å². The van der Waals surface area contributed by atoms with E-state index in [-0.39, 0.29) is 36.5 Å². The van der Waals surface area contributed by atoms with Crippen LogP contribution in [-0.2, 0) is 9.63 Å². The maximum atomic E-state index is 11.4. The minimum Gasteiger partial charge on any atom is -0.396 e. The molecule has 1 aliphatic carbocycles. The lowest BCUT2D eigenvalue weighted by Crippen LogP contribution is -2.40. The Morgan fingerprint density at radius 3 is 2.85 bits per heavy atom. The molecule has 3 rings (SSSR count). The van der Waals surface area contributed by atoms with Gasteiger partial charge in [0.2, 0.25) is 5.91 Å². The molecule has 5 heteroatoms. The van der Waals surface area contributed by atoms with Gasteiger partial charge in [-0.1, -0.05) is 35.5 Å². The van der Waals surface area contributed by atoms with Gasteiger partial charge in [0.15, 0.2) is 0 Å². The fraction of sp³-hybridized carbons (Fsp3) is 0.467. The van der Waals surface area contributed by atoms with Crippen LogP contribution in [0.1, 0.15) is 18.9 Å². The van der Waals surface area contributed by atoms with Crippen LogP contribution in [0.2, 0.25) is 0 Å². The molecule has 5 nitrogen and oxygen atoms in total. The molecule has 4 atom stereocenters. The number of carbonyl (C=O) groups is 1. The predicted molar refractivity (Wildman–Crippen MR) is 74.1 cm³/mol. The van der Waals surface area contributed by atoms with Crippen molar-refractivity contribution in [1.82, 2.24) is 5.32 Å². The smallest absolute Gasteiger partial charge is 0.217 e. The minimum absolute atomic E-state index is 0.0125. The Bertz CT molecular complexity index is 529. The van der Waals surface area contributed by atoms with Crippen LogP contribution in [0.3, 0.4) is 0 Å². The number of oxime groups is 1. The maximum Gasteiger partial charge on any atom is 0.217 e. The van der Waals surface area contributed by atoms with Crippen LogP contribution in [0.25, 0.3) is 0 Å². The molecule has 1 amide bonds. The first kappa shape index (κ1) is 13.1. The zero-order valence-corrected chi connectivity index (χ0v) is 11.3. The van der Waals surface area contributed by atoms with E-state index in [1.54, 1.807) is 0 Å². The predicted octanol–water partition coefficient (Wildman–Crippen LogP) is 0.923. The second-order valence-electron chi connectivity index (χ2n) is 5.42. The van der Waals surface area contributed by atoms with E-state index in [1.165, 1.54) is 6.92 Å². The van der Waals surface area contributed by atoms with E-state index in [4.69, 9.17) is 4.84 Å². The number of nitrogens with one attached hydrogen (secondary N) is 1. The molecule has 1 heterocycles. The fourth-order valence-electron chi connectivity index (χ4n) is 3.25. The molecule has 1 aromatic carbocycles. The molecule has 1 aromatic rings. The van der Waals surface area contributed by atoms with Crippen LogP contribution in [0.5, 0.6) is 0 Å². The molecule has 1 fully saturated rings. The van der Waals surface area contributed by atoms with E-state index in [2.05, 4.69) is 10.5 Å². The highest BCUT2D eigenvalue weighted by molar-refractivity contribution is 6.04. The first-order chi connectivity index (χ1) is 9.70. The van der Waals surface area contributed by atoms with Gasteiger partial charge in [0.05, 0.1) is 11.6 Å². The number of fused-ring (bicyclic) bond motifs is 1. The van der Waals surface area contributed by atoms with E-state index < -0.39 is 0 Å². The molecule has 0 spiro atoms. The van der Waals surface area contributed by atoms with Gasteiger partial charge in [-0.15, -0.1) is 0 Å². The molecule has 0 saturated heterocycles. The first-order valence-electron chi connectivity index (χ1n) is 6.88. The van der Waals surface area contributed by atoms with Crippen molar-refractivity contribution in [3.8, 4) is 0 Å². The van der Waals surface area contributed by atoms with Gasteiger partial charge in [-0.2, -0.15) is 0 Å². The second kappa shape index (κ2) is 5.25. The lowest BCUT2D eigenvalue weighted by molar-refractivity contribution is -0.119. The lowest BCUT2D eigenvalue weighted by atomic mass is 9.90. The molecule has 1 saturated carbocycles. The fourth-order valence-corrected chi connectivity index (χ4v) is 3.25. The Balaban J connectivity index is 1.89. The molecular formula is C15H18N2O3. The third kappa shape index (κ3) is 2.18. The van der Waals surface area contributed by atoms with Gasteiger partial charge in [0.1, 0.15) is 6.10 Å². The number of benzene rings is 1. The summed E-state index contributed by atoms with van der Waals surface area (Å²) >= 11 is 0. The summed E-state index contributed by atoms with van der Waals surface area (Å²) in [6.07, 6.45) is 0.573. The summed E-state index contributed by atoms with van der Waals surface area (Å²) in [5.41, 5.74) is 1.87. The minimum atomic E-state index is -0.146. The molecule has 1 aliphatic heterocycles. The van der Waals surface area contributed by atoms with Crippen LogP contribution < -0.4 is 5.32 Å². The summed E-state index contributed by atoms with van der Waals surface area (Å²) in [5.74, 6) is -0.0353. The maximum absolute atomic E-state index is 11.4. The highest BCUT2D eigenvalue weighted by atomic mass is 16.6. The molecule has 2 aliphatic rings. The van der Waals surface area contributed by atoms with Crippen LogP contribution in [-0.4, -0.2) is 35.5 Å². The molecule has 20 heavy (non-hydrogen) atoms. The lowest BCUT2D eigenvalue weighted by Gasteiger charge is -2.19. The SMILES string of the molecule is CC(=O)N[C@@H]1C[C@H](CO)[C@@H]2ON=C(c3ccccc3)[C@@H]21. The Morgan fingerprint density at radius 1 is 1.45 bits per heavy atom. The molecule has 0 aromatic heterocycles. The quantitative estimate of drug-likeness (QED) is 0.861.